The van der Waals surface area contributed by atoms with Gasteiger partial charge in [0.1, 0.15) is 11.7 Å². The third-order valence-corrected chi connectivity index (χ3v) is 9.76. The molecule has 224 valence electrons. The highest BCUT2D eigenvalue weighted by atomic mass is 32.2. The molecule has 41 heavy (non-hydrogen) atoms. The maximum atomic E-state index is 12.9. The number of nitrogens with zero attached hydrogens (tertiary/aromatic N) is 1. The zero-order chi connectivity index (χ0) is 30.3. The molecule has 2 aliphatic heterocycles. The molecular formula is C26H28F3NO9S2. The minimum Gasteiger partial charge on any atom is -0.465 e. The van der Waals surface area contributed by atoms with Gasteiger partial charge in [-0.3, -0.25) is 4.90 Å². The molecule has 0 bridgehead atoms. The fourth-order valence-corrected chi connectivity index (χ4v) is 7.50. The largest absolute Gasteiger partial charge is 0.534 e. The van der Waals surface area contributed by atoms with E-state index in [4.69, 9.17) is 4.74 Å². The molecule has 0 unspecified atom stereocenters. The predicted molar refractivity (Wildman–Crippen MR) is 139 cm³/mol. The van der Waals surface area contributed by atoms with Gasteiger partial charge in [-0.15, -0.1) is 0 Å². The lowest BCUT2D eigenvalue weighted by Gasteiger charge is -2.34. The Morgan fingerprint density at radius 2 is 1.83 bits per heavy atom. The molecule has 2 aliphatic rings. The molecule has 0 aromatic heterocycles. The average Bonchev–Trinajstić information content (AvgIpc) is 3.17. The highest BCUT2D eigenvalue weighted by Gasteiger charge is 2.52. The van der Waals surface area contributed by atoms with Crippen LogP contribution in [0.1, 0.15) is 46.8 Å². The van der Waals surface area contributed by atoms with Crippen LogP contribution in [0, 0.1) is 5.92 Å². The molecule has 3 atom stereocenters. The van der Waals surface area contributed by atoms with Gasteiger partial charge in [-0.25, -0.2) is 18.0 Å². The van der Waals surface area contributed by atoms with Gasteiger partial charge in [-0.05, 0) is 41.2 Å². The Bertz CT molecular complexity index is 1560. The van der Waals surface area contributed by atoms with E-state index in [2.05, 4.69) is 8.92 Å². The van der Waals surface area contributed by atoms with Gasteiger partial charge in [-0.2, -0.15) is 21.6 Å². The second kappa shape index (κ2) is 11.2. The van der Waals surface area contributed by atoms with Crippen molar-refractivity contribution in [3.05, 3.63) is 64.7 Å². The molecule has 10 nitrogen and oxygen atoms in total. The number of hydrogen-bond donors (Lipinski definition) is 0. The summed E-state index contributed by atoms with van der Waals surface area (Å²) in [5.41, 5.74) is -4.22. The first-order valence-corrected chi connectivity index (χ1v) is 15.7. The highest BCUT2D eigenvalue weighted by molar-refractivity contribution is 7.91. The van der Waals surface area contributed by atoms with Crippen LogP contribution in [0.5, 0.6) is 5.75 Å². The molecule has 1 amide bonds. The van der Waals surface area contributed by atoms with Crippen LogP contribution < -0.4 is 4.18 Å². The first-order valence-electron chi connectivity index (χ1n) is 12.5. The molecule has 0 spiro atoms. The van der Waals surface area contributed by atoms with Crippen molar-refractivity contribution >= 4 is 32.0 Å². The third kappa shape index (κ3) is 6.61. The zero-order valence-corrected chi connectivity index (χ0v) is 23.9. The minimum absolute atomic E-state index is 0.0549. The number of hydrogen-bond acceptors (Lipinski definition) is 9. The first kappa shape index (κ1) is 30.6. The fraction of sp³-hybridized carbons (Fsp3) is 0.462. The quantitative estimate of drug-likeness (QED) is 0.246. The number of esters is 1. The van der Waals surface area contributed by atoms with Crippen molar-refractivity contribution in [2.45, 2.75) is 50.4 Å². The summed E-state index contributed by atoms with van der Waals surface area (Å²) in [4.78, 5) is 26.6. The lowest BCUT2D eigenvalue weighted by Crippen LogP contribution is -2.51. The Morgan fingerprint density at radius 1 is 1.12 bits per heavy atom. The summed E-state index contributed by atoms with van der Waals surface area (Å²) in [6.45, 7) is 4.18. The molecular weight excluding hydrogens is 591 g/mol. The summed E-state index contributed by atoms with van der Waals surface area (Å²) < 4.78 is 102. The number of rotatable bonds is 8. The SMILES string of the molecule is COC(=O)c1cc(C[C@@H]2CS(=O)(=O)C[C@H]3[C@H]2OC(=O)N3Cc2cccc(C(C)C)c2)ccc1OS(=O)(=O)C(F)(F)F. The lowest BCUT2D eigenvalue weighted by atomic mass is 9.90. The molecule has 0 saturated carbocycles. The number of halogens is 3. The molecule has 0 radical (unpaired) electrons. The van der Waals surface area contributed by atoms with E-state index in [1.54, 1.807) is 0 Å². The van der Waals surface area contributed by atoms with E-state index in [-0.39, 0.29) is 36.0 Å². The number of alkyl halides is 3. The van der Waals surface area contributed by atoms with Crippen LogP contribution >= 0.6 is 0 Å². The number of methoxy groups -OCH3 is 1. The molecule has 2 heterocycles. The van der Waals surface area contributed by atoms with Gasteiger partial charge in [-0.1, -0.05) is 44.2 Å². The lowest BCUT2D eigenvalue weighted by molar-refractivity contribution is -0.0500. The van der Waals surface area contributed by atoms with Gasteiger partial charge < -0.3 is 13.7 Å². The van der Waals surface area contributed by atoms with Crippen LogP contribution in [0.4, 0.5) is 18.0 Å². The van der Waals surface area contributed by atoms with E-state index in [0.717, 1.165) is 30.4 Å². The van der Waals surface area contributed by atoms with Gasteiger partial charge in [0.2, 0.25) is 0 Å². The topological polar surface area (TPSA) is 133 Å². The number of fused-ring (bicyclic) bond motifs is 1. The van der Waals surface area contributed by atoms with E-state index in [9.17, 15) is 39.6 Å². The van der Waals surface area contributed by atoms with Crippen molar-refractivity contribution in [1.82, 2.24) is 4.90 Å². The Kier molecular flexibility index (Phi) is 8.33. The van der Waals surface area contributed by atoms with Crippen LogP contribution in [0.25, 0.3) is 0 Å². The summed E-state index contributed by atoms with van der Waals surface area (Å²) in [6, 6.07) is 9.93. The van der Waals surface area contributed by atoms with Crippen molar-refractivity contribution in [1.29, 1.82) is 0 Å². The summed E-state index contributed by atoms with van der Waals surface area (Å²) in [6.07, 6.45) is -1.54. The summed E-state index contributed by atoms with van der Waals surface area (Å²) in [7, 11) is -8.79. The molecule has 2 saturated heterocycles. The highest BCUT2D eigenvalue weighted by Crippen LogP contribution is 2.36. The summed E-state index contributed by atoms with van der Waals surface area (Å²) >= 11 is 0. The number of benzene rings is 2. The molecule has 2 aromatic rings. The van der Waals surface area contributed by atoms with Crippen LogP contribution in [0.3, 0.4) is 0 Å². The predicted octanol–water partition coefficient (Wildman–Crippen LogP) is 3.80. The van der Waals surface area contributed by atoms with Crippen molar-refractivity contribution in [2.75, 3.05) is 18.6 Å². The van der Waals surface area contributed by atoms with Crippen LogP contribution in [-0.2, 0) is 42.4 Å². The second-order valence-electron chi connectivity index (χ2n) is 10.3. The van der Waals surface area contributed by atoms with Gasteiger partial charge >= 0.3 is 27.7 Å². The van der Waals surface area contributed by atoms with Crippen LogP contribution in [0.15, 0.2) is 42.5 Å². The Hall–Kier alpha value is -3.33. The van der Waals surface area contributed by atoms with Gasteiger partial charge in [0.25, 0.3) is 0 Å². The standard InChI is InChI=1S/C26H28F3NO9S2/c1-15(2)18-6-4-5-17(10-18)12-30-21-14-40(33,34)13-19(23(21)38-25(30)32)9-16-7-8-22(20(11-16)24(31)37-3)39-41(35,36)26(27,28)29/h4-8,10-11,15,19,21,23H,9,12-14H2,1-3H3/t19-,21+,23+/m1/s1. The summed E-state index contributed by atoms with van der Waals surface area (Å²) in [5, 5.41) is 0. The average molecular weight is 620 g/mol. The number of sulfone groups is 1. The Balaban J connectivity index is 1.61. The molecule has 2 aromatic carbocycles. The van der Waals surface area contributed by atoms with E-state index in [1.807, 2.05) is 38.1 Å². The number of amides is 1. The monoisotopic (exact) mass is 619 g/mol. The minimum atomic E-state index is -6.08. The molecule has 15 heteroatoms. The van der Waals surface area contributed by atoms with E-state index < -0.39 is 66.9 Å². The smallest absolute Gasteiger partial charge is 0.465 e. The maximum Gasteiger partial charge on any atom is 0.534 e. The van der Waals surface area contributed by atoms with Crippen molar-refractivity contribution in [3.8, 4) is 5.75 Å². The zero-order valence-electron chi connectivity index (χ0n) is 22.3. The van der Waals surface area contributed by atoms with Gasteiger partial charge in [0, 0.05) is 12.5 Å². The maximum absolute atomic E-state index is 12.9. The van der Waals surface area contributed by atoms with Crippen LogP contribution in [-0.4, -0.2) is 70.1 Å². The van der Waals surface area contributed by atoms with Crippen molar-refractivity contribution in [2.24, 2.45) is 5.92 Å². The van der Waals surface area contributed by atoms with Gasteiger partial charge in [0.15, 0.2) is 15.6 Å². The first-order chi connectivity index (χ1) is 19.0. The molecule has 4 rings (SSSR count). The van der Waals surface area contributed by atoms with E-state index in [0.29, 0.717) is 0 Å². The van der Waals surface area contributed by atoms with Crippen molar-refractivity contribution < 1.29 is 53.3 Å². The Morgan fingerprint density at radius 3 is 2.46 bits per heavy atom. The summed E-state index contributed by atoms with van der Waals surface area (Å²) in [5.74, 6) is -3.24. The normalized spacial score (nSPS) is 22.3. The number of carbonyl (C=O) groups excluding carboxylic acids is 2. The third-order valence-electron chi connectivity index (χ3n) is 7.01. The Labute approximate surface area is 235 Å². The second-order valence-corrected chi connectivity index (χ2v) is 14.0. The number of ether oxygens (including phenoxy) is 2. The fourth-order valence-electron chi connectivity index (χ4n) is 5.04. The molecule has 0 aliphatic carbocycles. The van der Waals surface area contributed by atoms with E-state index in [1.165, 1.54) is 11.0 Å². The molecule has 0 N–H and O–H groups in total. The van der Waals surface area contributed by atoms with Crippen LogP contribution in [0.2, 0.25) is 0 Å². The van der Waals surface area contributed by atoms with Gasteiger partial charge in [0.05, 0.1) is 24.7 Å². The molecule has 2 fully saturated rings. The number of carbonyl (C=O) groups is 2. The van der Waals surface area contributed by atoms with E-state index >= 15 is 0 Å². The van der Waals surface area contributed by atoms with Crippen molar-refractivity contribution in [3.63, 3.8) is 0 Å².